The first-order valence-corrected chi connectivity index (χ1v) is 11.8. The van der Waals surface area contributed by atoms with E-state index >= 15 is 0 Å². The zero-order valence-electron chi connectivity index (χ0n) is 19.2. The van der Waals surface area contributed by atoms with E-state index in [2.05, 4.69) is 19.8 Å². The Kier molecular flexibility index (Phi) is 7.25. The Balaban J connectivity index is 1.09. The fourth-order valence-electron chi connectivity index (χ4n) is 4.14. The van der Waals surface area contributed by atoms with Crippen LogP contribution in [0.25, 0.3) is 0 Å². The van der Waals surface area contributed by atoms with Crippen molar-refractivity contribution in [2.24, 2.45) is 0 Å². The average molecular weight is 463 g/mol. The molecule has 8 nitrogen and oxygen atoms in total. The second kappa shape index (κ2) is 11.1. The third-order valence-electron chi connectivity index (χ3n) is 5.94. The lowest BCUT2D eigenvalue weighted by Crippen LogP contribution is -2.34. The number of aromatic nitrogens is 2. The molecule has 0 saturated carbocycles. The zero-order valence-corrected chi connectivity index (χ0v) is 19.2. The number of hydrogen-bond acceptors (Lipinski definition) is 8. The maximum atomic E-state index is 5.97. The summed E-state index contributed by atoms with van der Waals surface area (Å²) in [5.41, 5.74) is 0. The van der Waals surface area contributed by atoms with Crippen LogP contribution in [0.4, 0.5) is 5.82 Å². The largest absolute Gasteiger partial charge is 0.492 e. The Morgan fingerprint density at radius 2 is 1.74 bits per heavy atom. The molecule has 0 bridgehead atoms. The molecule has 2 aliphatic heterocycles. The van der Waals surface area contributed by atoms with Crippen LogP contribution >= 0.6 is 0 Å². The minimum Gasteiger partial charge on any atom is -0.492 e. The second-order valence-corrected chi connectivity index (χ2v) is 8.37. The third-order valence-corrected chi connectivity index (χ3v) is 5.94. The van der Waals surface area contributed by atoms with Gasteiger partial charge in [0.25, 0.3) is 0 Å². The van der Waals surface area contributed by atoms with Crippen LogP contribution in [0.1, 0.15) is 6.42 Å². The first kappa shape index (κ1) is 22.3. The predicted octanol–water partition coefficient (Wildman–Crippen LogP) is 3.29. The van der Waals surface area contributed by atoms with Gasteiger partial charge in [-0.25, -0.2) is 9.97 Å². The molecule has 34 heavy (non-hydrogen) atoms. The molecule has 0 spiro atoms. The number of ether oxygens (including phenoxy) is 4. The molecule has 0 N–H and O–H groups in total. The van der Waals surface area contributed by atoms with Gasteiger partial charge in [-0.15, -0.1) is 0 Å². The van der Waals surface area contributed by atoms with Crippen molar-refractivity contribution in [3.05, 3.63) is 67.0 Å². The first-order chi connectivity index (χ1) is 16.8. The standard InChI is InChI=1S/C26H30N4O4/c1-2-7-21(8-3-1)31-16-15-29-11-6-12-30(14-13-29)25-17-26(28-20-27-25)33-19-22-18-32-23-9-4-5-10-24(23)34-22/h1-5,7-10,17,20,22H,6,11-16,18-19H2. The van der Waals surface area contributed by atoms with Crippen molar-refractivity contribution in [1.29, 1.82) is 0 Å². The van der Waals surface area contributed by atoms with Crippen molar-refractivity contribution in [3.63, 3.8) is 0 Å². The van der Waals surface area contributed by atoms with Crippen molar-refractivity contribution < 1.29 is 18.9 Å². The highest BCUT2D eigenvalue weighted by molar-refractivity contribution is 5.42. The lowest BCUT2D eigenvalue weighted by atomic mass is 10.3. The maximum Gasteiger partial charge on any atom is 0.218 e. The molecule has 0 aliphatic carbocycles. The summed E-state index contributed by atoms with van der Waals surface area (Å²) >= 11 is 0. The van der Waals surface area contributed by atoms with E-state index in [9.17, 15) is 0 Å². The van der Waals surface area contributed by atoms with Crippen LogP contribution in [0, 0.1) is 0 Å². The Labute approximate surface area is 200 Å². The predicted molar refractivity (Wildman–Crippen MR) is 129 cm³/mol. The quantitative estimate of drug-likeness (QED) is 0.505. The summed E-state index contributed by atoms with van der Waals surface area (Å²) in [4.78, 5) is 13.5. The summed E-state index contributed by atoms with van der Waals surface area (Å²) in [7, 11) is 0. The molecule has 8 heteroatoms. The average Bonchev–Trinajstić information content (AvgIpc) is 3.14. The number of benzene rings is 2. The summed E-state index contributed by atoms with van der Waals surface area (Å²) < 4.78 is 23.5. The van der Waals surface area contributed by atoms with Gasteiger partial charge in [-0.05, 0) is 30.7 Å². The van der Waals surface area contributed by atoms with Gasteiger partial charge in [-0.1, -0.05) is 30.3 Å². The topological polar surface area (TPSA) is 69.2 Å². The molecule has 1 saturated heterocycles. The van der Waals surface area contributed by atoms with Crippen molar-refractivity contribution in [2.45, 2.75) is 12.5 Å². The molecule has 1 aromatic heterocycles. The van der Waals surface area contributed by atoms with Gasteiger partial charge in [0, 0.05) is 38.8 Å². The van der Waals surface area contributed by atoms with Crippen LogP contribution in [0.2, 0.25) is 0 Å². The van der Waals surface area contributed by atoms with E-state index < -0.39 is 0 Å². The van der Waals surface area contributed by atoms with Crippen LogP contribution in [0.5, 0.6) is 23.1 Å². The van der Waals surface area contributed by atoms with Gasteiger partial charge in [0.1, 0.15) is 37.7 Å². The number of anilines is 1. The normalized spacial score (nSPS) is 18.2. The van der Waals surface area contributed by atoms with Gasteiger partial charge in [0.15, 0.2) is 17.6 Å². The van der Waals surface area contributed by atoms with E-state index in [1.165, 1.54) is 0 Å². The molecule has 1 unspecified atom stereocenters. The van der Waals surface area contributed by atoms with Gasteiger partial charge in [-0.2, -0.15) is 0 Å². The van der Waals surface area contributed by atoms with Gasteiger partial charge in [0.05, 0.1) is 0 Å². The van der Waals surface area contributed by atoms with E-state index in [4.69, 9.17) is 18.9 Å². The van der Waals surface area contributed by atoms with E-state index in [0.717, 1.165) is 62.2 Å². The second-order valence-electron chi connectivity index (χ2n) is 8.37. The molecule has 3 aromatic rings. The number of nitrogens with zero attached hydrogens (tertiary/aromatic N) is 4. The molecule has 1 atom stereocenters. The van der Waals surface area contributed by atoms with Crippen molar-refractivity contribution >= 4 is 5.82 Å². The summed E-state index contributed by atoms with van der Waals surface area (Å²) in [6, 6.07) is 19.5. The van der Waals surface area contributed by atoms with Crippen molar-refractivity contribution in [2.75, 3.05) is 57.4 Å². The lowest BCUT2D eigenvalue weighted by molar-refractivity contribution is 0.0521. The highest BCUT2D eigenvalue weighted by Crippen LogP contribution is 2.31. The van der Waals surface area contributed by atoms with Gasteiger partial charge < -0.3 is 23.8 Å². The molecule has 1 fully saturated rings. The molecule has 0 radical (unpaired) electrons. The third kappa shape index (κ3) is 5.88. The Hall–Kier alpha value is -3.52. The summed E-state index contributed by atoms with van der Waals surface area (Å²) in [5.74, 6) is 3.86. The maximum absolute atomic E-state index is 5.97. The molecule has 0 amide bonds. The first-order valence-electron chi connectivity index (χ1n) is 11.8. The monoisotopic (exact) mass is 462 g/mol. The Morgan fingerprint density at radius 1 is 0.882 bits per heavy atom. The number of para-hydroxylation sites is 3. The van der Waals surface area contributed by atoms with E-state index in [0.29, 0.717) is 25.7 Å². The highest BCUT2D eigenvalue weighted by Gasteiger charge is 2.22. The highest BCUT2D eigenvalue weighted by atomic mass is 16.6. The SMILES string of the molecule is c1ccc(OCCN2CCCN(c3cc(OCC4COc5ccccc5O4)ncn3)CC2)cc1. The van der Waals surface area contributed by atoms with Crippen LogP contribution in [0.3, 0.4) is 0 Å². The molecule has 3 heterocycles. The minimum atomic E-state index is -0.182. The smallest absolute Gasteiger partial charge is 0.218 e. The fraction of sp³-hybridized carbons (Fsp3) is 0.385. The fourth-order valence-corrected chi connectivity index (χ4v) is 4.14. The van der Waals surface area contributed by atoms with E-state index in [1.54, 1.807) is 6.33 Å². The summed E-state index contributed by atoms with van der Waals surface area (Å²) in [6.45, 7) is 6.26. The lowest BCUT2D eigenvalue weighted by Gasteiger charge is -2.26. The van der Waals surface area contributed by atoms with Gasteiger partial charge in [-0.3, -0.25) is 4.90 Å². The molecular formula is C26H30N4O4. The van der Waals surface area contributed by atoms with Crippen molar-refractivity contribution in [1.82, 2.24) is 14.9 Å². The van der Waals surface area contributed by atoms with E-state index in [-0.39, 0.29) is 6.10 Å². The number of rotatable bonds is 8. The molecule has 2 aromatic carbocycles. The van der Waals surface area contributed by atoms with Crippen molar-refractivity contribution in [3.8, 4) is 23.1 Å². The van der Waals surface area contributed by atoms with Gasteiger partial charge in [0.2, 0.25) is 5.88 Å². The van der Waals surface area contributed by atoms with Crippen LogP contribution in [-0.4, -0.2) is 73.5 Å². The molecule has 5 rings (SSSR count). The van der Waals surface area contributed by atoms with Crippen LogP contribution < -0.4 is 23.8 Å². The Bertz CT molecular complexity index is 1050. The number of fused-ring (bicyclic) bond motifs is 1. The minimum absolute atomic E-state index is 0.182. The van der Waals surface area contributed by atoms with Gasteiger partial charge >= 0.3 is 0 Å². The molecule has 2 aliphatic rings. The zero-order chi connectivity index (χ0) is 23.0. The molecule has 178 valence electrons. The van der Waals surface area contributed by atoms with Crippen LogP contribution in [-0.2, 0) is 0 Å². The summed E-state index contributed by atoms with van der Waals surface area (Å²) in [5, 5.41) is 0. The summed E-state index contributed by atoms with van der Waals surface area (Å²) in [6.07, 6.45) is 2.45. The molecular weight excluding hydrogens is 432 g/mol. The van der Waals surface area contributed by atoms with Crippen LogP contribution in [0.15, 0.2) is 67.0 Å². The van der Waals surface area contributed by atoms with E-state index in [1.807, 2.05) is 60.7 Å². The number of hydrogen-bond donors (Lipinski definition) is 0. The Morgan fingerprint density at radius 3 is 2.65 bits per heavy atom.